The van der Waals surface area contributed by atoms with Crippen LogP contribution in [0.3, 0.4) is 0 Å². The highest BCUT2D eigenvalue weighted by atomic mass is 32.2. The number of hydrogen-bond acceptors (Lipinski definition) is 5. The standard InChI is InChI=1S/C20H23F3N2O5S/c1-29-11-10-25-31(27,28)18-8-6-17(7-9-18)19(26)24-12-15-2-4-16(5-3-15)13-30-14-20(21,22)23/h2-9,25H,10-14H2,1H3,(H,24,26). The van der Waals surface area contributed by atoms with Crippen LogP contribution in [0.2, 0.25) is 0 Å². The van der Waals surface area contributed by atoms with Crippen LogP contribution in [0, 0.1) is 0 Å². The normalized spacial score (nSPS) is 12.0. The third-order valence-corrected chi connectivity index (χ3v) is 5.51. The monoisotopic (exact) mass is 460 g/mol. The van der Waals surface area contributed by atoms with Gasteiger partial charge in [-0.1, -0.05) is 24.3 Å². The van der Waals surface area contributed by atoms with Crippen molar-refractivity contribution in [2.24, 2.45) is 0 Å². The highest BCUT2D eigenvalue weighted by molar-refractivity contribution is 7.89. The van der Waals surface area contributed by atoms with Gasteiger partial charge in [-0.15, -0.1) is 0 Å². The first-order chi connectivity index (χ1) is 14.6. The van der Waals surface area contributed by atoms with E-state index in [2.05, 4.69) is 14.8 Å². The van der Waals surface area contributed by atoms with Crippen molar-refractivity contribution in [3.8, 4) is 0 Å². The molecule has 2 rings (SSSR count). The van der Waals surface area contributed by atoms with E-state index in [0.717, 1.165) is 5.56 Å². The van der Waals surface area contributed by atoms with Crippen molar-refractivity contribution in [2.45, 2.75) is 24.2 Å². The van der Waals surface area contributed by atoms with Crippen LogP contribution in [0.25, 0.3) is 0 Å². The molecule has 170 valence electrons. The molecule has 2 aromatic carbocycles. The summed E-state index contributed by atoms with van der Waals surface area (Å²) in [5, 5.41) is 2.70. The minimum Gasteiger partial charge on any atom is -0.383 e. The fourth-order valence-corrected chi connectivity index (χ4v) is 3.48. The number of ether oxygens (including phenoxy) is 2. The van der Waals surface area contributed by atoms with Gasteiger partial charge in [0.15, 0.2) is 0 Å². The molecule has 2 N–H and O–H groups in total. The van der Waals surface area contributed by atoms with Crippen LogP contribution in [0.15, 0.2) is 53.4 Å². The highest BCUT2D eigenvalue weighted by Gasteiger charge is 2.27. The number of benzene rings is 2. The Hall–Kier alpha value is -2.47. The molecule has 0 heterocycles. The second-order valence-corrected chi connectivity index (χ2v) is 8.29. The van der Waals surface area contributed by atoms with Gasteiger partial charge in [-0.3, -0.25) is 4.79 Å². The molecule has 0 aliphatic heterocycles. The molecule has 0 aliphatic carbocycles. The lowest BCUT2D eigenvalue weighted by Crippen LogP contribution is -2.27. The maximum Gasteiger partial charge on any atom is 0.411 e. The Morgan fingerprint density at radius 3 is 2.19 bits per heavy atom. The Balaban J connectivity index is 1.85. The fourth-order valence-electron chi connectivity index (χ4n) is 2.47. The van der Waals surface area contributed by atoms with Gasteiger partial charge in [0.25, 0.3) is 5.91 Å². The molecular formula is C20H23F3N2O5S. The summed E-state index contributed by atoms with van der Waals surface area (Å²) in [7, 11) is -2.22. The summed E-state index contributed by atoms with van der Waals surface area (Å²) >= 11 is 0. The molecule has 7 nitrogen and oxygen atoms in total. The zero-order valence-electron chi connectivity index (χ0n) is 16.7. The van der Waals surface area contributed by atoms with Gasteiger partial charge in [0, 0.05) is 25.8 Å². The number of alkyl halides is 3. The Labute approximate surface area is 178 Å². The Bertz CT molecular complexity index is 946. The van der Waals surface area contributed by atoms with Crippen molar-refractivity contribution in [1.29, 1.82) is 0 Å². The first kappa shape index (κ1) is 24.8. The number of sulfonamides is 1. The topological polar surface area (TPSA) is 93.7 Å². The van der Waals surface area contributed by atoms with E-state index in [9.17, 15) is 26.4 Å². The minimum atomic E-state index is -4.37. The summed E-state index contributed by atoms with van der Waals surface area (Å²) in [4.78, 5) is 12.3. The van der Waals surface area contributed by atoms with E-state index in [1.54, 1.807) is 24.3 Å². The summed E-state index contributed by atoms with van der Waals surface area (Å²) in [5.74, 6) is -0.395. The number of hydrogen-bond donors (Lipinski definition) is 2. The molecule has 0 aliphatic rings. The lowest BCUT2D eigenvalue weighted by molar-refractivity contribution is -0.176. The average molecular weight is 460 g/mol. The Kier molecular flexibility index (Phi) is 8.99. The van der Waals surface area contributed by atoms with Gasteiger partial charge in [-0.05, 0) is 35.4 Å². The molecule has 0 atom stereocenters. The van der Waals surface area contributed by atoms with E-state index in [4.69, 9.17) is 4.74 Å². The van der Waals surface area contributed by atoms with Crippen LogP contribution >= 0.6 is 0 Å². The molecule has 1 amide bonds. The number of methoxy groups -OCH3 is 1. The molecule has 0 fully saturated rings. The number of amides is 1. The van der Waals surface area contributed by atoms with Crippen molar-refractivity contribution >= 4 is 15.9 Å². The second kappa shape index (κ2) is 11.2. The first-order valence-electron chi connectivity index (χ1n) is 9.20. The lowest BCUT2D eigenvalue weighted by atomic mass is 10.1. The lowest BCUT2D eigenvalue weighted by Gasteiger charge is -2.09. The van der Waals surface area contributed by atoms with Crippen molar-refractivity contribution < 1.29 is 35.9 Å². The summed E-state index contributed by atoms with van der Waals surface area (Å²) in [6, 6.07) is 12.1. The van der Waals surface area contributed by atoms with E-state index < -0.39 is 28.7 Å². The smallest absolute Gasteiger partial charge is 0.383 e. The molecule has 0 bridgehead atoms. The van der Waals surface area contributed by atoms with Crippen LogP contribution in [0.1, 0.15) is 21.5 Å². The van der Waals surface area contributed by atoms with Gasteiger partial charge < -0.3 is 14.8 Å². The maximum absolute atomic E-state index is 12.3. The van der Waals surface area contributed by atoms with Crippen molar-refractivity contribution in [2.75, 3.05) is 26.9 Å². The van der Waals surface area contributed by atoms with Gasteiger partial charge in [-0.2, -0.15) is 13.2 Å². The molecule has 0 radical (unpaired) electrons. The van der Waals surface area contributed by atoms with Gasteiger partial charge >= 0.3 is 6.18 Å². The summed E-state index contributed by atoms with van der Waals surface area (Å²) < 4.78 is 72.2. The third kappa shape index (κ3) is 8.66. The van der Waals surface area contributed by atoms with E-state index >= 15 is 0 Å². The predicted octanol–water partition coefficient (Wildman–Crippen LogP) is 2.62. The zero-order chi connectivity index (χ0) is 22.9. The minimum absolute atomic E-state index is 0.0310. The SMILES string of the molecule is COCCNS(=O)(=O)c1ccc(C(=O)NCc2ccc(COCC(F)(F)F)cc2)cc1. The van der Waals surface area contributed by atoms with Gasteiger partial charge in [-0.25, -0.2) is 13.1 Å². The maximum atomic E-state index is 12.3. The van der Waals surface area contributed by atoms with Gasteiger partial charge in [0.2, 0.25) is 10.0 Å². The van der Waals surface area contributed by atoms with E-state index in [1.807, 2.05) is 0 Å². The number of carbonyl (C=O) groups is 1. The number of carbonyl (C=O) groups excluding carboxylic acids is 1. The molecule has 0 unspecified atom stereocenters. The van der Waals surface area contributed by atoms with E-state index in [-0.39, 0.29) is 36.8 Å². The summed E-state index contributed by atoms with van der Waals surface area (Å²) in [6.07, 6.45) is -4.37. The number of nitrogens with one attached hydrogen (secondary N) is 2. The summed E-state index contributed by atoms with van der Waals surface area (Å²) in [5.41, 5.74) is 1.61. The first-order valence-corrected chi connectivity index (χ1v) is 10.7. The van der Waals surface area contributed by atoms with Crippen LogP contribution in [0.4, 0.5) is 13.2 Å². The molecule has 2 aromatic rings. The van der Waals surface area contributed by atoms with Crippen LogP contribution in [0.5, 0.6) is 0 Å². The Morgan fingerprint density at radius 2 is 1.61 bits per heavy atom. The molecular weight excluding hydrogens is 437 g/mol. The fraction of sp³-hybridized carbons (Fsp3) is 0.350. The second-order valence-electron chi connectivity index (χ2n) is 6.52. The van der Waals surface area contributed by atoms with Crippen molar-refractivity contribution in [1.82, 2.24) is 10.0 Å². The number of rotatable bonds is 11. The van der Waals surface area contributed by atoms with Gasteiger partial charge in [0.05, 0.1) is 18.1 Å². The molecule has 0 saturated heterocycles. The van der Waals surface area contributed by atoms with Crippen molar-refractivity contribution in [3.63, 3.8) is 0 Å². The van der Waals surface area contributed by atoms with Crippen LogP contribution in [-0.2, 0) is 32.6 Å². The van der Waals surface area contributed by atoms with Crippen LogP contribution in [-0.4, -0.2) is 47.4 Å². The highest BCUT2D eigenvalue weighted by Crippen LogP contribution is 2.16. The largest absolute Gasteiger partial charge is 0.411 e. The number of halogens is 3. The van der Waals surface area contributed by atoms with E-state index in [0.29, 0.717) is 5.56 Å². The van der Waals surface area contributed by atoms with E-state index in [1.165, 1.54) is 31.4 Å². The summed E-state index contributed by atoms with van der Waals surface area (Å²) in [6.45, 7) is -0.910. The molecule has 11 heteroatoms. The molecule has 0 saturated carbocycles. The molecule has 0 aromatic heterocycles. The predicted molar refractivity (Wildman–Crippen MR) is 107 cm³/mol. The van der Waals surface area contributed by atoms with Crippen LogP contribution < -0.4 is 10.0 Å². The third-order valence-electron chi connectivity index (χ3n) is 4.04. The molecule has 31 heavy (non-hydrogen) atoms. The zero-order valence-corrected chi connectivity index (χ0v) is 17.6. The quantitative estimate of drug-likeness (QED) is 0.503. The Morgan fingerprint density at radius 1 is 1.00 bits per heavy atom. The van der Waals surface area contributed by atoms with Gasteiger partial charge in [0.1, 0.15) is 6.61 Å². The molecule has 0 spiro atoms. The van der Waals surface area contributed by atoms with Crippen molar-refractivity contribution in [3.05, 3.63) is 65.2 Å². The average Bonchev–Trinajstić information content (AvgIpc) is 2.72.